The molecular weight excluding hydrogens is 262 g/mol. The summed E-state index contributed by atoms with van der Waals surface area (Å²) in [5.74, 6) is -0.379. The summed E-state index contributed by atoms with van der Waals surface area (Å²) in [6.07, 6.45) is 4.88. The summed E-state index contributed by atoms with van der Waals surface area (Å²) in [5, 5.41) is 3.57. The fraction of sp³-hybridized carbons (Fsp3) is 0.611. The Kier molecular flexibility index (Phi) is 5.40. The molecule has 0 bridgehead atoms. The van der Waals surface area contributed by atoms with Crippen LogP contribution in [0.1, 0.15) is 51.0 Å². The van der Waals surface area contributed by atoms with Crippen molar-refractivity contribution in [2.24, 2.45) is 5.41 Å². The molecule has 1 aromatic carbocycles. The summed E-state index contributed by atoms with van der Waals surface area (Å²) < 4.78 is 4.96. The number of ether oxygens (including phenoxy) is 1. The first-order valence-corrected chi connectivity index (χ1v) is 7.88. The van der Waals surface area contributed by atoms with Gasteiger partial charge in [0.25, 0.3) is 0 Å². The molecule has 1 aliphatic carbocycles. The molecule has 0 heterocycles. The van der Waals surface area contributed by atoms with Gasteiger partial charge in [0.05, 0.1) is 13.0 Å². The molecule has 1 N–H and O–H groups in total. The van der Waals surface area contributed by atoms with Crippen LogP contribution in [0.3, 0.4) is 0 Å². The van der Waals surface area contributed by atoms with E-state index < -0.39 is 0 Å². The van der Waals surface area contributed by atoms with Gasteiger partial charge in [0.1, 0.15) is 0 Å². The Morgan fingerprint density at radius 3 is 2.48 bits per heavy atom. The molecule has 0 aliphatic heterocycles. The first-order valence-electron chi connectivity index (χ1n) is 7.88. The Morgan fingerprint density at radius 1 is 1.29 bits per heavy atom. The highest BCUT2D eigenvalue weighted by Crippen LogP contribution is 2.35. The fourth-order valence-corrected chi connectivity index (χ4v) is 3.05. The maximum Gasteiger partial charge on any atom is 0.314 e. The van der Waals surface area contributed by atoms with Gasteiger partial charge in [-0.3, -0.25) is 4.79 Å². The monoisotopic (exact) mass is 289 g/mol. The van der Waals surface area contributed by atoms with E-state index in [4.69, 9.17) is 4.74 Å². The van der Waals surface area contributed by atoms with Crippen LogP contribution in [0.5, 0.6) is 0 Å². The first kappa shape index (κ1) is 16.0. The van der Waals surface area contributed by atoms with Gasteiger partial charge in [-0.1, -0.05) is 44.2 Å². The second-order valence-electron chi connectivity index (χ2n) is 6.83. The molecule has 116 valence electrons. The molecule has 0 amide bonds. The van der Waals surface area contributed by atoms with Crippen molar-refractivity contribution in [3.63, 3.8) is 0 Å². The Morgan fingerprint density at radius 2 is 1.90 bits per heavy atom. The van der Waals surface area contributed by atoms with Crippen LogP contribution in [0.2, 0.25) is 0 Å². The third-order valence-corrected chi connectivity index (χ3v) is 4.64. The third kappa shape index (κ3) is 4.57. The van der Waals surface area contributed by atoms with Crippen molar-refractivity contribution in [1.82, 2.24) is 5.32 Å². The number of methoxy groups -OCH3 is 1. The van der Waals surface area contributed by atoms with Gasteiger partial charge >= 0.3 is 5.97 Å². The number of carbonyl (C=O) groups is 1. The molecule has 0 aromatic heterocycles. The molecule has 0 radical (unpaired) electrons. The van der Waals surface area contributed by atoms with Gasteiger partial charge < -0.3 is 10.1 Å². The van der Waals surface area contributed by atoms with Gasteiger partial charge in [0.2, 0.25) is 0 Å². The lowest BCUT2D eigenvalue weighted by Crippen LogP contribution is -2.39. The predicted octanol–water partition coefficient (Wildman–Crippen LogP) is 3.50. The van der Waals surface area contributed by atoms with Gasteiger partial charge in [-0.2, -0.15) is 0 Å². The first-order chi connectivity index (χ1) is 10.0. The molecule has 0 spiro atoms. The molecule has 0 saturated heterocycles. The van der Waals surface area contributed by atoms with Crippen molar-refractivity contribution < 1.29 is 9.53 Å². The lowest BCUT2D eigenvalue weighted by molar-refractivity contribution is -0.142. The number of benzene rings is 1. The van der Waals surface area contributed by atoms with Gasteiger partial charge in [-0.25, -0.2) is 0 Å². The number of esters is 1. The lowest BCUT2D eigenvalue weighted by Gasteiger charge is -2.35. The SMILES string of the molecule is COC(=O)C(CNC1CCC(C)(C)CC1)c1ccccc1. The molecule has 1 aliphatic rings. The van der Waals surface area contributed by atoms with Crippen molar-refractivity contribution in [2.45, 2.75) is 51.5 Å². The van der Waals surface area contributed by atoms with Crippen LogP contribution in [-0.2, 0) is 9.53 Å². The van der Waals surface area contributed by atoms with Gasteiger partial charge in [-0.15, -0.1) is 0 Å². The molecule has 3 nitrogen and oxygen atoms in total. The molecule has 3 heteroatoms. The highest BCUT2D eigenvalue weighted by atomic mass is 16.5. The van der Waals surface area contributed by atoms with Gasteiger partial charge in [0, 0.05) is 12.6 Å². The van der Waals surface area contributed by atoms with E-state index in [1.807, 2.05) is 30.3 Å². The van der Waals surface area contributed by atoms with Crippen LogP contribution in [0.4, 0.5) is 0 Å². The highest BCUT2D eigenvalue weighted by Gasteiger charge is 2.28. The largest absolute Gasteiger partial charge is 0.469 e. The van der Waals surface area contributed by atoms with Crippen LogP contribution in [-0.4, -0.2) is 25.7 Å². The number of hydrogen-bond acceptors (Lipinski definition) is 3. The number of hydrogen-bond donors (Lipinski definition) is 1. The van der Waals surface area contributed by atoms with Gasteiger partial charge in [0.15, 0.2) is 0 Å². The van der Waals surface area contributed by atoms with Gasteiger partial charge in [-0.05, 0) is 36.7 Å². The summed E-state index contributed by atoms with van der Waals surface area (Å²) in [7, 11) is 1.46. The number of carbonyl (C=O) groups excluding carboxylic acids is 1. The average molecular weight is 289 g/mol. The van der Waals surface area contributed by atoms with Crippen molar-refractivity contribution in [3.05, 3.63) is 35.9 Å². The average Bonchev–Trinajstić information content (AvgIpc) is 2.49. The van der Waals surface area contributed by atoms with E-state index in [2.05, 4.69) is 19.2 Å². The minimum absolute atomic E-state index is 0.162. The molecule has 1 atom stereocenters. The molecular formula is C18H27NO2. The predicted molar refractivity (Wildman–Crippen MR) is 85.2 cm³/mol. The van der Waals surface area contributed by atoms with Crippen LogP contribution in [0.15, 0.2) is 30.3 Å². The highest BCUT2D eigenvalue weighted by molar-refractivity contribution is 5.78. The summed E-state index contributed by atoms with van der Waals surface area (Å²) in [4.78, 5) is 12.0. The van der Waals surface area contributed by atoms with Crippen LogP contribution >= 0.6 is 0 Å². The van der Waals surface area contributed by atoms with E-state index in [0.717, 1.165) is 5.56 Å². The van der Waals surface area contributed by atoms with E-state index in [0.29, 0.717) is 18.0 Å². The fourth-order valence-electron chi connectivity index (χ4n) is 3.05. The summed E-state index contributed by atoms with van der Waals surface area (Å²) in [5.41, 5.74) is 1.49. The van der Waals surface area contributed by atoms with E-state index in [9.17, 15) is 4.79 Å². The summed E-state index contributed by atoms with van der Waals surface area (Å²) >= 11 is 0. The van der Waals surface area contributed by atoms with Crippen LogP contribution in [0.25, 0.3) is 0 Å². The quantitative estimate of drug-likeness (QED) is 0.843. The zero-order valence-corrected chi connectivity index (χ0v) is 13.4. The van der Waals surface area contributed by atoms with Crippen LogP contribution < -0.4 is 5.32 Å². The zero-order chi connectivity index (χ0) is 15.3. The van der Waals surface area contributed by atoms with Crippen molar-refractivity contribution >= 4 is 5.97 Å². The normalized spacial score (nSPS) is 20.0. The minimum atomic E-state index is -0.217. The van der Waals surface area contributed by atoms with E-state index in [1.165, 1.54) is 32.8 Å². The number of rotatable bonds is 5. The molecule has 1 aromatic rings. The van der Waals surface area contributed by atoms with E-state index in [1.54, 1.807) is 0 Å². The molecule has 1 unspecified atom stereocenters. The number of nitrogens with one attached hydrogen (secondary N) is 1. The molecule has 1 saturated carbocycles. The molecule has 1 fully saturated rings. The maximum absolute atomic E-state index is 12.0. The topological polar surface area (TPSA) is 38.3 Å². The third-order valence-electron chi connectivity index (χ3n) is 4.64. The zero-order valence-electron chi connectivity index (χ0n) is 13.4. The standard InChI is InChI=1S/C18H27NO2/c1-18(2)11-9-15(10-12-18)19-13-16(17(20)21-3)14-7-5-4-6-8-14/h4-8,15-16,19H,9-13H2,1-3H3. The Hall–Kier alpha value is -1.35. The summed E-state index contributed by atoms with van der Waals surface area (Å²) in [6.45, 7) is 5.33. The van der Waals surface area contributed by atoms with Crippen LogP contribution in [0, 0.1) is 5.41 Å². The summed E-state index contributed by atoms with van der Waals surface area (Å²) in [6, 6.07) is 10.4. The van der Waals surface area contributed by atoms with Crippen molar-refractivity contribution in [3.8, 4) is 0 Å². The minimum Gasteiger partial charge on any atom is -0.469 e. The Labute approximate surface area is 128 Å². The molecule has 2 rings (SSSR count). The Bertz CT molecular complexity index is 446. The van der Waals surface area contributed by atoms with Crippen molar-refractivity contribution in [2.75, 3.05) is 13.7 Å². The van der Waals surface area contributed by atoms with E-state index in [-0.39, 0.29) is 11.9 Å². The second kappa shape index (κ2) is 7.08. The molecule has 21 heavy (non-hydrogen) atoms. The maximum atomic E-state index is 12.0. The van der Waals surface area contributed by atoms with Crippen molar-refractivity contribution in [1.29, 1.82) is 0 Å². The Balaban J connectivity index is 1.93. The van der Waals surface area contributed by atoms with E-state index >= 15 is 0 Å². The smallest absolute Gasteiger partial charge is 0.314 e. The second-order valence-corrected chi connectivity index (χ2v) is 6.83. The lowest BCUT2D eigenvalue weighted by atomic mass is 9.75.